The van der Waals surface area contributed by atoms with Crippen molar-refractivity contribution in [2.75, 3.05) is 13.1 Å². The van der Waals surface area contributed by atoms with E-state index in [0.29, 0.717) is 0 Å². The molecule has 1 fully saturated rings. The van der Waals surface area contributed by atoms with Crippen LogP contribution in [0.5, 0.6) is 0 Å². The van der Waals surface area contributed by atoms with Crippen molar-refractivity contribution in [1.29, 1.82) is 0 Å². The van der Waals surface area contributed by atoms with Gasteiger partial charge in [-0.15, -0.1) is 0 Å². The van der Waals surface area contributed by atoms with Crippen LogP contribution in [-0.4, -0.2) is 29.1 Å². The Labute approximate surface area is 102 Å². The summed E-state index contributed by atoms with van der Waals surface area (Å²) in [5, 5.41) is 9.46. The smallest absolute Gasteiger partial charge is 0.325 e. The van der Waals surface area contributed by atoms with Crippen molar-refractivity contribution in [3.63, 3.8) is 0 Å². The first-order chi connectivity index (χ1) is 8.20. The number of aryl methyl sites for hydroxylation is 1. The fourth-order valence-corrected chi connectivity index (χ4v) is 2.56. The van der Waals surface area contributed by atoms with E-state index in [4.69, 9.17) is 0 Å². The molecule has 1 heterocycles. The normalized spacial score (nSPS) is 18.9. The predicted octanol–water partition coefficient (Wildman–Crippen LogP) is 2.61. The van der Waals surface area contributed by atoms with Gasteiger partial charge in [-0.05, 0) is 44.0 Å². The van der Waals surface area contributed by atoms with Gasteiger partial charge < -0.3 is 5.11 Å². The van der Waals surface area contributed by atoms with Gasteiger partial charge in [0.15, 0.2) is 0 Å². The predicted molar refractivity (Wildman–Crippen MR) is 67.0 cm³/mol. The molecule has 0 amide bonds. The van der Waals surface area contributed by atoms with E-state index >= 15 is 0 Å². The Balaban J connectivity index is 2.28. The summed E-state index contributed by atoms with van der Waals surface area (Å²) in [6.45, 7) is 3.77. The highest BCUT2D eigenvalue weighted by molar-refractivity contribution is 5.76. The summed E-state index contributed by atoms with van der Waals surface area (Å²) in [5.74, 6) is -0.735. The van der Waals surface area contributed by atoms with Crippen molar-refractivity contribution in [3.05, 3.63) is 35.4 Å². The van der Waals surface area contributed by atoms with Crippen LogP contribution in [0, 0.1) is 6.92 Å². The molecule has 1 aromatic rings. The topological polar surface area (TPSA) is 40.5 Å². The lowest BCUT2D eigenvalue weighted by Crippen LogP contribution is -2.38. The van der Waals surface area contributed by atoms with Crippen molar-refractivity contribution >= 4 is 5.97 Å². The molecule has 1 aliphatic rings. The summed E-state index contributed by atoms with van der Waals surface area (Å²) in [4.78, 5) is 13.6. The molecule has 92 valence electrons. The van der Waals surface area contributed by atoms with E-state index in [1.165, 1.54) is 6.42 Å². The zero-order valence-corrected chi connectivity index (χ0v) is 10.2. The van der Waals surface area contributed by atoms with Crippen molar-refractivity contribution in [2.24, 2.45) is 0 Å². The van der Waals surface area contributed by atoms with Crippen LogP contribution >= 0.6 is 0 Å². The lowest BCUT2D eigenvalue weighted by atomic mass is 9.98. The number of piperidine rings is 1. The maximum Gasteiger partial charge on any atom is 0.325 e. The third-order valence-corrected chi connectivity index (χ3v) is 3.47. The average molecular weight is 233 g/mol. The number of carbonyl (C=O) groups is 1. The molecule has 17 heavy (non-hydrogen) atoms. The van der Waals surface area contributed by atoms with Crippen molar-refractivity contribution < 1.29 is 9.90 Å². The minimum atomic E-state index is -0.735. The molecule has 0 aliphatic carbocycles. The van der Waals surface area contributed by atoms with Crippen LogP contribution in [0.4, 0.5) is 0 Å². The van der Waals surface area contributed by atoms with Crippen LogP contribution in [-0.2, 0) is 4.79 Å². The summed E-state index contributed by atoms with van der Waals surface area (Å²) in [6.07, 6.45) is 3.43. The van der Waals surface area contributed by atoms with Gasteiger partial charge in [-0.1, -0.05) is 30.7 Å². The SMILES string of the molecule is Cc1ccccc1C(C(=O)O)N1CCCCC1. The quantitative estimate of drug-likeness (QED) is 0.872. The van der Waals surface area contributed by atoms with E-state index in [1.807, 2.05) is 31.2 Å². The molecule has 3 heteroatoms. The number of nitrogens with zero attached hydrogens (tertiary/aromatic N) is 1. The van der Waals surface area contributed by atoms with Crippen LogP contribution in [0.2, 0.25) is 0 Å². The second-order valence-electron chi connectivity index (χ2n) is 4.69. The number of carboxylic acid groups (broad SMARTS) is 1. The van der Waals surface area contributed by atoms with Crippen LogP contribution < -0.4 is 0 Å². The molecular formula is C14H19NO2. The van der Waals surface area contributed by atoms with Gasteiger partial charge in [0.2, 0.25) is 0 Å². The van der Waals surface area contributed by atoms with Crippen LogP contribution in [0.25, 0.3) is 0 Å². The number of aliphatic carboxylic acids is 1. The van der Waals surface area contributed by atoms with Gasteiger partial charge in [0.1, 0.15) is 6.04 Å². The molecule has 0 saturated carbocycles. The molecule has 1 N–H and O–H groups in total. The molecule has 0 aromatic heterocycles. The summed E-state index contributed by atoms with van der Waals surface area (Å²) >= 11 is 0. The van der Waals surface area contributed by atoms with Gasteiger partial charge >= 0.3 is 5.97 Å². The fourth-order valence-electron chi connectivity index (χ4n) is 2.56. The summed E-state index contributed by atoms with van der Waals surface area (Å²) in [6, 6.07) is 7.31. The maximum absolute atomic E-state index is 11.5. The van der Waals surface area contributed by atoms with E-state index in [1.54, 1.807) is 0 Å². The zero-order valence-electron chi connectivity index (χ0n) is 10.2. The molecular weight excluding hydrogens is 214 g/mol. The van der Waals surface area contributed by atoms with Crippen molar-refractivity contribution in [1.82, 2.24) is 4.90 Å². The molecule has 1 atom stereocenters. The number of likely N-dealkylation sites (tertiary alicyclic amines) is 1. The number of hydrogen-bond acceptors (Lipinski definition) is 2. The highest BCUT2D eigenvalue weighted by Crippen LogP contribution is 2.27. The molecule has 0 radical (unpaired) electrons. The molecule has 2 rings (SSSR count). The van der Waals surface area contributed by atoms with Gasteiger partial charge in [0, 0.05) is 0 Å². The molecule has 3 nitrogen and oxygen atoms in total. The minimum absolute atomic E-state index is 0.475. The molecule has 1 aromatic carbocycles. The standard InChI is InChI=1S/C14H19NO2/c1-11-7-3-4-8-12(11)13(14(16)17)15-9-5-2-6-10-15/h3-4,7-8,13H,2,5-6,9-10H2,1H3,(H,16,17). The first-order valence-electron chi connectivity index (χ1n) is 6.22. The number of hydrogen-bond donors (Lipinski definition) is 1. The van der Waals surface area contributed by atoms with Gasteiger partial charge in [-0.3, -0.25) is 9.69 Å². The summed E-state index contributed by atoms with van der Waals surface area (Å²) in [5.41, 5.74) is 1.99. The number of benzene rings is 1. The molecule has 1 aliphatic heterocycles. The van der Waals surface area contributed by atoms with Crippen molar-refractivity contribution in [2.45, 2.75) is 32.2 Å². The van der Waals surface area contributed by atoms with Crippen LogP contribution in [0.15, 0.2) is 24.3 Å². The minimum Gasteiger partial charge on any atom is -0.480 e. The Morgan fingerprint density at radius 3 is 2.47 bits per heavy atom. The Bertz CT molecular complexity index is 397. The van der Waals surface area contributed by atoms with Gasteiger partial charge in [0.05, 0.1) is 0 Å². The third kappa shape index (κ3) is 2.67. The number of rotatable bonds is 3. The molecule has 0 spiro atoms. The summed E-state index contributed by atoms with van der Waals surface area (Å²) in [7, 11) is 0. The lowest BCUT2D eigenvalue weighted by molar-refractivity contribution is -0.144. The highest BCUT2D eigenvalue weighted by atomic mass is 16.4. The Morgan fingerprint density at radius 2 is 1.88 bits per heavy atom. The van der Waals surface area contributed by atoms with E-state index in [2.05, 4.69) is 4.90 Å². The zero-order chi connectivity index (χ0) is 12.3. The Hall–Kier alpha value is -1.35. The van der Waals surface area contributed by atoms with Gasteiger partial charge in [0.25, 0.3) is 0 Å². The van der Waals surface area contributed by atoms with Gasteiger partial charge in [-0.2, -0.15) is 0 Å². The van der Waals surface area contributed by atoms with E-state index in [-0.39, 0.29) is 0 Å². The Kier molecular flexibility index (Phi) is 3.79. The second kappa shape index (κ2) is 5.32. The molecule has 1 unspecified atom stereocenters. The summed E-state index contributed by atoms with van der Waals surface area (Å²) < 4.78 is 0. The Morgan fingerprint density at radius 1 is 1.24 bits per heavy atom. The highest BCUT2D eigenvalue weighted by Gasteiger charge is 2.29. The maximum atomic E-state index is 11.5. The average Bonchev–Trinajstić information content (AvgIpc) is 2.33. The third-order valence-electron chi connectivity index (χ3n) is 3.47. The monoisotopic (exact) mass is 233 g/mol. The first-order valence-corrected chi connectivity index (χ1v) is 6.22. The lowest BCUT2D eigenvalue weighted by Gasteiger charge is -2.32. The molecule has 0 bridgehead atoms. The molecule has 1 saturated heterocycles. The van der Waals surface area contributed by atoms with E-state index in [9.17, 15) is 9.90 Å². The van der Waals surface area contributed by atoms with E-state index in [0.717, 1.165) is 37.1 Å². The van der Waals surface area contributed by atoms with E-state index < -0.39 is 12.0 Å². The van der Waals surface area contributed by atoms with Crippen molar-refractivity contribution in [3.8, 4) is 0 Å². The van der Waals surface area contributed by atoms with Gasteiger partial charge in [-0.25, -0.2) is 0 Å². The fraction of sp³-hybridized carbons (Fsp3) is 0.500. The largest absolute Gasteiger partial charge is 0.480 e. The van der Waals surface area contributed by atoms with Crippen LogP contribution in [0.1, 0.15) is 36.4 Å². The number of carboxylic acids is 1. The first kappa shape index (κ1) is 12.1. The van der Waals surface area contributed by atoms with Crippen LogP contribution in [0.3, 0.4) is 0 Å². The second-order valence-corrected chi connectivity index (χ2v) is 4.69.